The lowest BCUT2D eigenvalue weighted by molar-refractivity contribution is 0.0954. The van der Waals surface area contributed by atoms with Crippen molar-refractivity contribution in [3.05, 3.63) is 53.7 Å². The van der Waals surface area contributed by atoms with Crippen LogP contribution in [0.15, 0.2) is 42.6 Å². The molecule has 0 radical (unpaired) electrons. The van der Waals surface area contributed by atoms with Crippen LogP contribution in [0.25, 0.3) is 0 Å². The Kier molecular flexibility index (Phi) is 6.10. The number of ether oxygens (including phenoxy) is 1. The maximum absolute atomic E-state index is 12.5. The molecule has 0 saturated carbocycles. The first-order chi connectivity index (χ1) is 12.7. The summed E-state index contributed by atoms with van der Waals surface area (Å²) in [6.45, 7) is 4.85. The number of benzene rings is 1. The molecule has 0 aliphatic carbocycles. The predicted molar refractivity (Wildman–Crippen MR) is 104 cm³/mol. The SMILES string of the molecule is COc1ccccc1CCNC(=O)c1ccnc(N2CCCC(C)C2)c1. The Morgan fingerprint density at radius 2 is 2.19 bits per heavy atom. The van der Waals surface area contributed by atoms with Gasteiger partial charge in [0.1, 0.15) is 11.6 Å². The van der Waals surface area contributed by atoms with Gasteiger partial charge in [-0.3, -0.25) is 4.79 Å². The average Bonchev–Trinajstić information content (AvgIpc) is 2.68. The van der Waals surface area contributed by atoms with E-state index in [2.05, 4.69) is 22.1 Å². The maximum Gasteiger partial charge on any atom is 0.251 e. The van der Waals surface area contributed by atoms with Gasteiger partial charge in [-0.1, -0.05) is 25.1 Å². The molecule has 1 atom stereocenters. The molecule has 0 spiro atoms. The number of aromatic nitrogens is 1. The van der Waals surface area contributed by atoms with Gasteiger partial charge in [-0.2, -0.15) is 0 Å². The molecule has 1 fully saturated rings. The van der Waals surface area contributed by atoms with Crippen LogP contribution in [0.5, 0.6) is 5.75 Å². The molecule has 1 aromatic heterocycles. The number of hydrogen-bond donors (Lipinski definition) is 1. The summed E-state index contributed by atoms with van der Waals surface area (Å²) >= 11 is 0. The third-order valence-corrected chi connectivity index (χ3v) is 4.86. The van der Waals surface area contributed by atoms with Crippen molar-refractivity contribution in [3.63, 3.8) is 0 Å². The Bertz CT molecular complexity index is 748. The number of nitrogens with one attached hydrogen (secondary N) is 1. The summed E-state index contributed by atoms with van der Waals surface area (Å²) in [5.41, 5.74) is 1.75. The number of pyridine rings is 1. The molecule has 2 heterocycles. The third kappa shape index (κ3) is 4.54. The first-order valence-electron chi connectivity index (χ1n) is 9.28. The highest BCUT2D eigenvalue weighted by molar-refractivity contribution is 5.94. The van der Waals surface area contributed by atoms with Crippen molar-refractivity contribution in [2.24, 2.45) is 5.92 Å². The highest BCUT2D eigenvalue weighted by Gasteiger charge is 2.18. The van der Waals surface area contributed by atoms with E-state index in [9.17, 15) is 4.79 Å². The second kappa shape index (κ2) is 8.70. The van der Waals surface area contributed by atoms with Crippen LogP contribution in [0.1, 0.15) is 35.7 Å². The molecule has 1 aliphatic rings. The van der Waals surface area contributed by atoms with E-state index in [4.69, 9.17) is 4.74 Å². The van der Waals surface area contributed by atoms with E-state index >= 15 is 0 Å². The van der Waals surface area contributed by atoms with E-state index in [1.807, 2.05) is 30.3 Å². The van der Waals surface area contributed by atoms with Crippen molar-refractivity contribution < 1.29 is 9.53 Å². The Morgan fingerprint density at radius 1 is 1.35 bits per heavy atom. The van der Waals surface area contributed by atoms with Gasteiger partial charge in [-0.05, 0) is 48.9 Å². The zero-order valence-corrected chi connectivity index (χ0v) is 15.6. The van der Waals surface area contributed by atoms with Crippen LogP contribution >= 0.6 is 0 Å². The number of piperidine rings is 1. The number of amides is 1. The smallest absolute Gasteiger partial charge is 0.251 e. The number of hydrogen-bond acceptors (Lipinski definition) is 4. The first-order valence-corrected chi connectivity index (χ1v) is 9.28. The van der Waals surface area contributed by atoms with Gasteiger partial charge in [0.2, 0.25) is 0 Å². The fourth-order valence-electron chi connectivity index (χ4n) is 3.45. The van der Waals surface area contributed by atoms with Gasteiger partial charge >= 0.3 is 0 Å². The molecule has 1 N–H and O–H groups in total. The first kappa shape index (κ1) is 18.2. The number of para-hydroxylation sites is 1. The van der Waals surface area contributed by atoms with Gasteiger partial charge in [0.25, 0.3) is 5.91 Å². The molecule has 3 rings (SSSR count). The summed E-state index contributed by atoms with van der Waals surface area (Å²) in [5, 5.41) is 3.00. The third-order valence-electron chi connectivity index (χ3n) is 4.86. The Balaban J connectivity index is 1.58. The standard InChI is InChI=1S/C21H27N3O2/c1-16-6-5-13-24(15-16)20-14-18(10-11-22-20)21(25)23-12-9-17-7-3-4-8-19(17)26-2/h3-4,7-8,10-11,14,16H,5-6,9,12-13,15H2,1-2H3,(H,23,25). The molecule has 2 aromatic rings. The normalized spacial score (nSPS) is 17.0. The van der Waals surface area contributed by atoms with E-state index in [1.165, 1.54) is 12.8 Å². The molecule has 1 aliphatic heterocycles. The molecule has 26 heavy (non-hydrogen) atoms. The molecule has 0 bridgehead atoms. The summed E-state index contributed by atoms with van der Waals surface area (Å²) in [4.78, 5) is 19.2. The molecular weight excluding hydrogens is 326 g/mol. The molecule has 5 nitrogen and oxygen atoms in total. The summed E-state index contributed by atoms with van der Waals surface area (Å²) in [6, 6.07) is 11.6. The predicted octanol–water partition coefficient (Wildman–Crippen LogP) is 3.30. The monoisotopic (exact) mass is 353 g/mol. The van der Waals surface area contributed by atoms with Gasteiger partial charge in [0.05, 0.1) is 7.11 Å². The van der Waals surface area contributed by atoms with Crippen LogP contribution in [-0.4, -0.2) is 37.6 Å². The lowest BCUT2D eigenvalue weighted by Crippen LogP contribution is -2.35. The largest absolute Gasteiger partial charge is 0.496 e. The molecule has 1 amide bonds. The fraction of sp³-hybridized carbons (Fsp3) is 0.429. The minimum atomic E-state index is -0.0615. The molecule has 1 unspecified atom stereocenters. The minimum absolute atomic E-state index is 0.0615. The van der Waals surface area contributed by atoms with Crippen molar-refractivity contribution in [1.29, 1.82) is 0 Å². The quantitative estimate of drug-likeness (QED) is 0.866. The number of anilines is 1. The lowest BCUT2D eigenvalue weighted by atomic mass is 10.0. The van der Waals surface area contributed by atoms with E-state index in [1.54, 1.807) is 19.4 Å². The Labute approximate surface area is 155 Å². The van der Waals surface area contributed by atoms with Crippen molar-refractivity contribution in [1.82, 2.24) is 10.3 Å². The second-order valence-electron chi connectivity index (χ2n) is 6.91. The van der Waals surface area contributed by atoms with Crippen LogP contribution in [0, 0.1) is 5.92 Å². The van der Waals surface area contributed by atoms with Crippen LogP contribution in [0.2, 0.25) is 0 Å². The lowest BCUT2D eigenvalue weighted by Gasteiger charge is -2.31. The molecular formula is C21H27N3O2. The van der Waals surface area contributed by atoms with Crippen molar-refractivity contribution in [3.8, 4) is 5.75 Å². The van der Waals surface area contributed by atoms with E-state index in [-0.39, 0.29) is 5.91 Å². The summed E-state index contributed by atoms with van der Waals surface area (Å²) < 4.78 is 5.35. The summed E-state index contributed by atoms with van der Waals surface area (Å²) in [6.07, 6.45) is 4.90. The van der Waals surface area contributed by atoms with Gasteiger partial charge in [0, 0.05) is 31.4 Å². The highest BCUT2D eigenvalue weighted by atomic mass is 16.5. The van der Waals surface area contributed by atoms with Crippen LogP contribution in [0.3, 0.4) is 0 Å². The van der Waals surface area contributed by atoms with Crippen molar-refractivity contribution in [2.45, 2.75) is 26.2 Å². The average molecular weight is 353 g/mol. The van der Waals surface area contributed by atoms with E-state index in [0.29, 0.717) is 18.0 Å². The zero-order chi connectivity index (χ0) is 18.4. The second-order valence-corrected chi connectivity index (χ2v) is 6.91. The van der Waals surface area contributed by atoms with Crippen molar-refractivity contribution >= 4 is 11.7 Å². The fourth-order valence-corrected chi connectivity index (χ4v) is 3.45. The summed E-state index contributed by atoms with van der Waals surface area (Å²) in [7, 11) is 1.66. The van der Waals surface area contributed by atoms with Crippen LogP contribution in [-0.2, 0) is 6.42 Å². The summed E-state index contributed by atoms with van der Waals surface area (Å²) in [5.74, 6) is 2.36. The Hall–Kier alpha value is -2.56. The van der Waals surface area contributed by atoms with E-state index in [0.717, 1.165) is 36.6 Å². The van der Waals surface area contributed by atoms with Crippen LogP contribution < -0.4 is 15.0 Å². The minimum Gasteiger partial charge on any atom is -0.496 e. The Morgan fingerprint density at radius 3 is 3.00 bits per heavy atom. The molecule has 138 valence electrons. The van der Waals surface area contributed by atoms with Gasteiger partial charge < -0.3 is 15.0 Å². The molecule has 1 aromatic carbocycles. The number of rotatable bonds is 6. The number of nitrogens with zero attached hydrogens (tertiary/aromatic N) is 2. The number of methoxy groups -OCH3 is 1. The van der Waals surface area contributed by atoms with E-state index < -0.39 is 0 Å². The zero-order valence-electron chi connectivity index (χ0n) is 15.6. The van der Waals surface area contributed by atoms with Crippen molar-refractivity contribution in [2.75, 3.05) is 31.6 Å². The molecule has 5 heteroatoms. The van der Waals surface area contributed by atoms with Gasteiger partial charge in [0.15, 0.2) is 0 Å². The molecule has 1 saturated heterocycles. The maximum atomic E-state index is 12.5. The number of carbonyl (C=O) groups is 1. The highest BCUT2D eigenvalue weighted by Crippen LogP contribution is 2.22. The topological polar surface area (TPSA) is 54.5 Å². The van der Waals surface area contributed by atoms with Crippen LogP contribution in [0.4, 0.5) is 5.82 Å². The van der Waals surface area contributed by atoms with Gasteiger partial charge in [-0.25, -0.2) is 4.98 Å². The number of carbonyl (C=O) groups excluding carboxylic acids is 1. The van der Waals surface area contributed by atoms with Gasteiger partial charge in [-0.15, -0.1) is 0 Å².